The van der Waals surface area contributed by atoms with E-state index in [1.807, 2.05) is 32.1 Å². The number of aryl methyl sites for hydroxylation is 1. The van der Waals surface area contributed by atoms with E-state index in [9.17, 15) is 9.90 Å². The number of aliphatic hydroxyl groups is 1. The summed E-state index contributed by atoms with van der Waals surface area (Å²) in [7, 11) is 0. The molecular weight excluding hydrogens is 633 g/mol. The molecule has 1 aromatic carbocycles. The lowest BCUT2D eigenvalue weighted by molar-refractivity contribution is -0.700. The molecule has 7 heteroatoms. The maximum Gasteiger partial charge on any atom is 0.263 e. The third-order valence-electron chi connectivity index (χ3n) is 9.52. The molecular formula is C41H61N2O3S2+. The van der Waals surface area contributed by atoms with Gasteiger partial charge in [0.1, 0.15) is 18.1 Å². The van der Waals surface area contributed by atoms with Crippen LogP contribution >= 0.6 is 23.1 Å². The Kier molecular flexibility index (Phi) is 15.7. The van der Waals surface area contributed by atoms with Gasteiger partial charge < -0.3 is 14.7 Å². The van der Waals surface area contributed by atoms with Gasteiger partial charge in [0.15, 0.2) is 5.69 Å². The molecule has 0 atom stereocenters. The SMILES string of the molecule is CCCCCCCCCCN1C(=CC2=C(O)C(=Cc3sc(C)c(C)[n+]3CCCCCCCCCC)C2=O)Sc2ccc(OC(C)C)cc21. The molecule has 2 aliphatic rings. The summed E-state index contributed by atoms with van der Waals surface area (Å²) < 4.78 is 8.38. The smallest absolute Gasteiger partial charge is 0.263 e. The topological polar surface area (TPSA) is 53.7 Å². The zero-order chi connectivity index (χ0) is 34.5. The van der Waals surface area contributed by atoms with E-state index in [1.165, 1.54) is 100 Å². The second-order valence-electron chi connectivity index (χ2n) is 13.9. The fraction of sp³-hybridized carbons (Fsp3) is 0.610. The Morgan fingerprint density at radius 1 is 0.854 bits per heavy atom. The van der Waals surface area contributed by atoms with Crippen molar-refractivity contribution in [1.29, 1.82) is 0 Å². The van der Waals surface area contributed by atoms with Crippen molar-refractivity contribution in [3.05, 3.63) is 61.8 Å². The molecule has 0 bridgehead atoms. The summed E-state index contributed by atoms with van der Waals surface area (Å²) in [4.78, 5) is 18.3. The summed E-state index contributed by atoms with van der Waals surface area (Å²) in [5.41, 5.74) is 3.22. The van der Waals surface area contributed by atoms with Crippen molar-refractivity contribution in [3.63, 3.8) is 0 Å². The number of ether oxygens (including phenoxy) is 1. The number of nitrogens with zero attached hydrogens (tertiary/aromatic N) is 2. The van der Waals surface area contributed by atoms with Gasteiger partial charge in [0, 0.05) is 36.9 Å². The molecule has 0 amide bonds. The minimum atomic E-state index is -0.0743. The van der Waals surface area contributed by atoms with Crippen LogP contribution < -0.4 is 14.2 Å². The summed E-state index contributed by atoms with van der Waals surface area (Å²) in [6.45, 7) is 14.8. The molecule has 4 rings (SSSR count). The summed E-state index contributed by atoms with van der Waals surface area (Å²) >= 11 is 3.39. The van der Waals surface area contributed by atoms with Crippen molar-refractivity contribution >= 4 is 40.6 Å². The number of rotatable bonds is 22. The Hall–Kier alpha value is -2.51. The van der Waals surface area contributed by atoms with E-state index in [2.05, 4.69) is 49.3 Å². The van der Waals surface area contributed by atoms with Crippen LogP contribution in [0.15, 0.2) is 51.1 Å². The van der Waals surface area contributed by atoms with E-state index in [-0.39, 0.29) is 17.6 Å². The Balaban J connectivity index is 1.46. The van der Waals surface area contributed by atoms with E-state index < -0.39 is 0 Å². The van der Waals surface area contributed by atoms with E-state index in [0.29, 0.717) is 11.1 Å². The van der Waals surface area contributed by atoms with Crippen molar-refractivity contribution in [2.75, 3.05) is 11.4 Å². The van der Waals surface area contributed by atoms with E-state index >= 15 is 0 Å². The highest BCUT2D eigenvalue weighted by molar-refractivity contribution is 8.03. The van der Waals surface area contributed by atoms with Gasteiger partial charge in [0.2, 0.25) is 5.78 Å². The largest absolute Gasteiger partial charge is 0.506 e. The number of carbonyl (C=O) groups is 1. The van der Waals surface area contributed by atoms with Crippen LogP contribution in [0.5, 0.6) is 5.75 Å². The first kappa shape index (κ1) is 38.3. The predicted molar refractivity (Wildman–Crippen MR) is 205 cm³/mol. The number of Topliss-reactive ketones (excluding diaryl/α,β-unsaturated/α-hetero) is 1. The summed E-state index contributed by atoms with van der Waals surface area (Å²) in [6.07, 6.45) is 24.3. The van der Waals surface area contributed by atoms with Gasteiger partial charge in [-0.15, -0.1) is 0 Å². The van der Waals surface area contributed by atoms with Gasteiger partial charge >= 0.3 is 0 Å². The molecule has 0 saturated heterocycles. The Morgan fingerprint density at radius 2 is 1.46 bits per heavy atom. The second kappa shape index (κ2) is 19.6. The monoisotopic (exact) mass is 693 g/mol. The molecule has 0 radical (unpaired) electrons. The highest BCUT2D eigenvalue weighted by Crippen LogP contribution is 2.49. The van der Waals surface area contributed by atoms with E-state index in [0.717, 1.165) is 52.3 Å². The van der Waals surface area contributed by atoms with Gasteiger partial charge in [-0.05, 0) is 51.8 Å². The quantitative estimate of drug-likeness (QED) is 0.0756. The molecule has 0 spiro atoms. The third-order valence-corrected chi connectivity index (χ3v) is 11.8. The highest BCUT2D eigenvalue weighted by Gasteiger charge is 2.36. The van der Waals surface area contributed by atoms with Crippen LogP contribution in [0.25, 0.3) is 6.08 Å². The van der Waals surface area contributed by atoms with Crippen molar-refractivity contribution in [2.45, 2.75) is 162 Å². The Bertz CT molecular complexity index is 1450. The molecule has 48 heavy (non-hydrogen) atoms. The minimum absolute atomic E-state index is 0.0743. The van der Waals surface area contributed by atoms with Crippen LogP contribution in [0.4, 0.5) is 5.69 Å². The van der Waals surface area contributed by atoms with Crippen LogP contribution in [0, 0.1) is 13.8 Å². The number of thiazole rings is 1. The summed E-state index contributed by atoms with van der Waals surface area (Å²) in [6, 6.07) is 6.28. The molecule has 264 valence electrons. The van der Waals surface area contributed by atoms with Crippen LogP contribution in [0.2, 0.25) is 0 Å². The number of unbranched alkanes of at least 4 members (excludes halogenated alkanes) is 14. The molecule has 1 N–H and O–H groups in total. The van der Waals surface area contributed by atoms with Crippen molar-refractivity contribution < 1.29 is 19.2 Å². The fourth-order valence-corrected chi connectivity index (χ4v) is 8.75. The lowest BCUT2D eigenvalue weighted by Crippen LogP contribution is -2.38. The standard InChI is InChI=1S/C41H60N2O3S2/c1-7-9-11-13-15-17-19-21-25-42-31(5)32(6)47-38(42)28-34-40(44)35(41(34)45)29-39-43(26-22-20-18-16-14-12-10-8-2)36-27-33(46-30(3)4)23-24-37(36)48-39/h23-24,27-30H,7-22,25-26H2,1-6H3/p+1. The maximum atomic E-state index is 13.6. The lowest BCUT2D eigenvalue weighted by atomic mass is 9.88. The third kappa shape index (κ3) is 10.5. The van der Waals surface area contributed by atoms with E-state index in [1.54, 1.807) is 23.1 Å². The van der Waals surface area contributed by atoms with Gasteiger partial charge in [0.25, 0.3) is 5.01 Å². The second-order valence-corrected chi connectivity index (χ2v) is 16.2. The van der Waals surface area contributed by atoms with Crippen LogP contribution in [-0.2, 0) is 11.3 Å². The number of ketones is 1. The number of thioether (sulfide) groups is 1. The van der Waals surface area contributed by atoms with Gasteiger partial charge in [-0.1, -0.05) is 120 Å². The first-order chi connectivity index (χ1) is 23.2. The van der Waals surface area contributed by atoms with Crippen molar-refractivity contribution in [2.24, 2.45) is 0 Å². The normalized spacial score (nSPS) is 16.1. The number of carbonyl (C=O) groups excluding carboxylic acids is 1. The molecule has 1 aliphatic carbocycles. The molecule has 2 aromatic rings. The predicted octanol–water partition coefficient (Wildman–Crippen LogP) is 12.0. The lowest BCUT2D eigenvalue weighted by Gasteiger charge is -2.23. The maximum absolute atomic E-state index is 13.6. The molecule has 0 unspecified atom stereocenters. The minimum Gasteiger partial charge on any atom is -0.506 e. The van der Waals surface area contributed by atoms with Crippen LogP contribution in [0.3, 0.4) is 0 Å². The fourth-order valence-electron chi connectivity index (χ4n) is 6.56. The number of allylic oxidation sites excluding steroid dienone is 3. The van der Waals surface area contributed by atoms with Gasteiger partial charge in [-0.25, -0.2) is 0 Å². The first-order valence-corrected chi connectivity index (χ1v) is 20.6. The molecule has 2 heterocycles. The van der Waals surface area contributed by atoms with Gasteiger partial charge in [-0.3, -0.25) is 4.79 Å². The first-order valence-electron chi connectivity index (χ1n) is 18.9. The van der Waals surface area contributed by atoms with Crippen molar-refractivity contribution in [3.8, 4) is 5.75 Å². The number of aliphatic hydroxyl groups excluding tert-OH is 1. The number of hydrogen-bond donors (Lipinski definition) is 1. The average Bonchev–Trinajstić information content (AvgIpc) is 3.54. The average molecular weight is 694 g/mol. The Morgan fingerprint density at radius 3 is 2.06 bits per heavy atom. The van der Waals surface area contributed by atoms with Crippen molar-refractivity contribution in [1.82, 2.24) is 0 Å². The Labute approximate surface area is 299 Å². The number of benzene rings is 1. The number of aromatic nitrogens is 1. The van der Waals surface area contributed by atoms with Gasteiger partial charge in [0.05, 0.1) is 32.8 Å². The summed E-state index contributed by atoms with van der Waals surface area (Å²) in [5, 5.41) is 13.3. The molecule has 5 nitrogen and oxygen atoms in total. The van der Waals surface area contributed by atoms with E-state index in [4.69, 9.17) is 4.74 Å². The molecule has 0 saturated carbocycles. The highest BCUT2D eigenvalue weighted by atomic mass is 32.2. The molecule has 1 aromatic heterocycles. The number of fused-ring (bicyclic) bond motifs is 1. The van der Waals surface area contributed by atoms with Crippen LogP contribution in [-0.4, -0.2) is 23.5 Å². The number of anilines is 1. The number of hydrogen-bond acceptors (Lipinski definition) is 6. The zero-order valence-electron chi connectivity index (χ0n) is 30.7. The van der Waals surface area contributed by atoms with Crippen LogP contribution in [0.1, 0.15) is 146 Å². The zero-order valence-corrected chi connectivity index (χ0v) is 32.3. The molecule has 1 aliphatic heterocycles. The summed E-state index contributed by atoms with van der Waals surface area (Å²) in [5.74, 6) is 0.900. The van der Waals surface area contributed by atoms with Gasteiger partial charge in [-0.2, -0.15) is 4.57 Å². The molecule has 0 fully saturated rings.